The normalized spacial score (nSPS) is 16.3. The Morgan fingerprint density at radius 1 is 1.44 bits per heavy atom. The van der Waals surface area contributed by atoms with Gasteiger partial charge >= 0.3 is 0 Å². The molecule has 134 valence electrons. The zero-order valence-electron chi connectivity index (χ0n) is 14.2. The van der Waals surface area contributed by atoms with E-state index in [2.05, 4.69) is 20.6 Å². The molecular weight excluding hydrogens is 342 g/mol. The molecule has 3 heterocycles. The van der Waals surface area contributed by atoms with Crippen molar-refractivity contribution in [2.24, 2.45) is 0 Å². The van der Waals surface area contributed by atoms with Crippen molar-refractivity contribution in [1.82, 2.24) is 25.2 Å². The maximum Gasteiger partial charge on any atom is 0.271 e. The van der Waals surface area contributed by atoms with Crippen LogP contribution in [0.3, 0.4) is 0 Å². The largest absolute Gasteiger partial charge is 0.383 e. The number of aromatic nitrogens is 3. The van der Waals surface area contributed by atoms with Crippen LogP contribution in [0.1, 0.15) is 38.2 Å². The van der Waals surface area contributed by atoms with Gasteiger partial charge in [-0.3, -0.25) is 9.59 Å². The number of nitrogens with zero attached hydrogens (tertiary/aromatic N) is 3. The van der Waals surface area contributed by atoms with Crippen molar-refractivity contribution in [3.8, 4) is 0 Å². The molecule has 1 unspecified atom stereocenters. The van der Waals surface area contributed by atoms with E-state index in [1.165, 1.54) is 11.3 Å². The van der Waals surface area contributed by atoms with E-state index in [1.54, 1.807) is 18.7 Å². The number of imidazole rings is 1. The van der Waals surface area contributed by atoms with Gasteiger partial charge in [0.25, 0.3) is 11.8 Å². The number of hydrogen-bond acceptors (Lipinski definition) is 6. The van der Waals surface area contributed by atoms with E-state index in [-0.39, 0.29) is 17.9 Å². The molecule has 25 heavy (non-hydrogen) atoms. The number of thiazole rings is 1. The van der Waals surface area contributed by atoms with Crippen LogP contribution in [0, 0.1) is 6.92 Å². The summed E-state index contributed by atoms with van der Waals surface area (Å²) in [6.45, 7) is 3.29. The third-order valence-electron chi connectivity index (χ3n) is 4.07. The Hall–Kier alpha value is -2.26. The molecule has 1 aliphatic heterocycles. The van der Waals surface area contributed by atoms with Crippen molar-refractivity contribution < 1.29 is 14.3 Å². The molecule has 2 aromatic rings. The summed E-state index contributed by atoms with van der Waals surface area (Å²) < 4.78 is 6.81. The molecule has 1 atom stereocenters. The van der Waals surface area contributed by atoms with Crippen LogP contribution in [-0.2, 0) is 17.7 Å². The summed E-state index contributed by atoms with van der Waals surface area (Å²) in [5, 5.41) is 8.42. The third kappa shape index (κ3) is 4.05. The molecule has 0 saturated heterocycles. The number of ether oxygens (including phenoxy) is 1. The Balaban J connectivity index is 1.65. The molecule has 0 spiro atoms. The molecular formula is C16H21N5O3S. The monoisotopic (exact) mass is 363 g/mol. The van der Waals surface area contributed by atoms with Gasteiger partial charge in [0.15, 0.2) is 0 Å². The van der Waals surface area contributed by atoms with E-state index in [9.17, 15) is 9.59 Å². The standard InChI is InChI=1S/C16H21N5O3S/c1-10-19-12(9-25-10)15(22)20-11-3-4-14-18-7-13(21(14)8-11)16(23)17-5-6-24-2/h7,9,11H,3-6,8H2,1-2H3,(H,17,23)(H,20,22). The highest BCUT2D eigenvalue weighted by atomic mass is 32.1. The third-order valence-corrected chi connectivity index (χ3v) is 4.84. The Bertz CT molecular complexity index is 770. The van der Waals surface area contributed by atoms with Gasteiger partial charge in [0.2, 0.25) is 0 Å². The van der Waals surface area contributed by atoms with Crippen molar-refractivity contribution in [3.05, 3.63) is 33.8 Å². The summed E-state index contributed by atoms with van der Waals surface area (Å²) in [4.78, 5) is 33.1. The number of methoxy groups -OCH3 is 1. The van der Waals surface area contributed by atoms with Gasteiger partial charge < -0.3 is 19.9 Å². The number of hydrogen-bond donors (Lipinski definition) is 2. The summed E-state index contributed by atoms with van der Waals surface area (Å²) in [6, 6.07) is -0.0540. The molecule has 0 fully saturated rings. The van der Waals surface area contributed by atoms with Crippen LogP contribution in [0.15, 0.2) is 11.6 Å². The predicted octanol–water partition coefficient (Wildman–Crippen LogP) is 0.769. The minimum Gasteiger partial charge on any atom is -0.383 e. The molecule has 2 aromatic heterocycles. The van der Waals surface area contributed by atoms with Gasteiger partial charge in [0.1, 0.15) is 17.2 Å². The van der Waals surface area contributed by atoms with Crippen molar-refractivity contribution in [2.45, 2.75) is 32.4 Å². The first-order valence-corrected chi connectivity index (χ1v) is 9.01. The molecule has 1 aliphatic rings. The van der Waals surface area contributed by atoms with Crippen molar-refractivity contribution in [3.63, 3.8) is 0 Å². The average molecular weight is 363 g/mol. The highest BCUT2D eigenvalue weighted by Crippen LogP contribution is 2.17. The van der Waals surface area contributed by atoms with Crippen LogP contribution in [0.25, 0.3) is 0 Å². The maximum atomic E-state index is 12.3. The van der Waals surface area contributed by atoms with Gasteiger partial charge in [-0.1, -0.05) is 0 Å². The fourth-order valence-corrected chi connectivity index (χ4v) is 3.41. The Morgan fingerprint density at radius 3 is 3.00 bits per heavy atom. The number of carbonyl (C=O) groups excluding carboxylic acids is 2. The van der Waals surface area contributed by atoms with Gasteiger partial charge in [0.05, 0.1) is 17.8 Å². The van der Waals surface area contributed by atoms with Crippen LogP contribution in [0.5, 0.6) is 0 Å². The quantitative estimate of drug-likeness (QED) is 0.739. The van der Waals surface area contributed by atoms with Gasteiger partial charge in [-0.2, -0.15) is 0 Å². The Kier molecular flexibility index (Phi) is 5.44. The van der Waals surface area contributed by atoms with Crippen molar-refractivity contribution >= 4 is 23.2 Å². The van der Waals surface area contributed by atoms with Gasteiger partial charge in [0, 0.05) is 38.0 Å². The lowest BCUT2D eigenvalue weighted by Gasteiger charge is -2.25. The van der Waals surface area contributed by atoms with Crippen LogP contribution >= 0.6 is 11.3 Å². The molecule has 8 nitrogen and oxygen atoms in total. The van der Waals surface area contributed by atoms with E-state index in [4.69, 9.17) is 4.74 Å². The molecule has 2 amide bonds. The van der Waals surface area contributed by atoms with E-state index < -0.39 is 0 Å². The van der Waals surface area contributed by atoms with E-state index >= 15 is 0 Å². The van der Waals surface area contributed by atoms with Crippen molar-refractivity contribution in [1.29, 1.82) is 0 Å². The molecule has 0 aromatic carbocycles. The van der Waals surface area contributed by atoms with E-state index in [1.807, 2.05) is 11.5 Å². The highest BCUT2D eigenvalue weighted by molar-refractivity contribution is 7.09. The zero-order chi connectivity index (χ0) is 17.8. The van der Waals surface area contributed by atoms with E-state index in [0.717, 1.165) is 17.3 Å². The summed E-state index contributed by atoms with van der Waals surface area (Å²) in [5.41, 5.74) is 0.950. The van der Waals surface area contributed by atoms with Gasteiger partial charge in [-0.05, 0) is 13.3 Å². The number of carbonyl (C=O) groups is 2. The van der Waals surface area contributed by atoms with Gasteiger partial charge in [-0.25, -0.2) is 9.97 Å². The molecule has 0 radical (unpaired) electrons. The second-order valence-corrected chi connectivity index (χ2v) is 6.94. The number of aryl methyl sites for hydroxylation is 2. The molecule has 0 saturated carbocycles. The smallest absolute Gasteiger partial charge is 0.271 e. The first-order chi connectivity index (χ1) is 12.1. The number of fused-ring (bicyclic) bond motifs is 1. The van der Waals surface area contributed by atoms with Crippen LogP contribution in [0.2, 0.25) is 0 Å². The lowest BCUT2D eigenvalue weighted by Crippen LogP contribution is -2.42. The topological polar surface area (TPSA) is 98.1 Å². The molecule has 0 aliphatic carbocycles. The van der Waals surface area contributed by atoms with Gasteiger partial charge in [-0.15, -0.1) is 11.3 Å². The summed E-state index contributed by atoms with van der Waals surface area (Å²) >= 11 is 1.45. The first-order valence-electron chi connectivity index (χ1n) is 8.13. The lowest BCUT2D eigenvalue weighted by atomic mass is 10.1. The Morgan fingerprint density at radius 2 is 2.28 bits per heavy atom. The van der Waals surface area contributed by atoms with Crippen molar-refractivity contribution in [2.75, 3.05) is 20.3 Å². The van der Waals surface area contributed by atoms with Crippen LogP contribution < -0.4 is 10.6 Å². The summed E-state index contributed by atoms with van der Waals surface area (Å²) in [7, 11) is 1.59. The number of amides is 2. The highest BCUT2D eigenvalue weighted by Gasteiger charge is 2.26. The minimum atomic E-state index is -0.182. The lowest BCUT2D eigenvalue weighted by molar-refractivity contribution is 0.0918. The molecule has 9 heteroatoms. The van der Waals surface area contributed by atoms with Crippen LogP contribution in [0.4, 0.5) is 0 Å². The average Bonchev–Trinajstić information content (AvgIpc) is 3.21. The maximum absolute atomic E-state index is 12.3. The second kappa shape index (κ2) is 7.75. The minimum absolute atomic E-state index is 0.0540. The fourth-order valence-electron chi connectivity index (χ4n) is 2.82. The Labute approximate surface area is 149 Å². The summed E-state index contributed by atoms with van der Waals surface area (Å²) in [6.07, 6.45) is 3.09. The van der Waals surface area contributed by atoms with E-state index in [0.29, 0.717) is 37.5 Å². The first kappa shape index (κ1) is 17.6. The predicted molar refractivity (Wildman–Crippen MR) is 92.9 cm³/mol. The van der Waals surface area contributed by atoms with Crippen LogP contribution in [-0.4, -0.2) is 52.7 Å². The SMILES string of the molecule is COCCNC(=O)c1cnc2n1CC(NC(=O)c1csc(C)n1)CC2. The number of rotatable bonds is 6. The molecule has 2 N–H and O–H groups in total. The molecule has 0 bridgehead atoms. The zero-order valence-corrected chi connectivity index (χ0v) is 15.1. The molecule has 3 rings (SSSR count). The second-order valence-electron chi connectivity index (χ2n) is 5.88. The number of nitrogens with one attached hydrogen (secondary N) is 2. The summed E-state index contributed by atoms with van der Waals surface area (Å²) in [5.74, 6) is 0.508. The fraction of sp³-hybridized carbons (Fsp3) is 0.500.